The van der Waals surface area contributed by atoms with Crippen LogP contribution in [0.1, 0.15) is 46.5 Å². The Morgan fingerprint density at radius 3 is 2.24 bits per heavy atom. The molecule has 0 amide bonds. The average molecular weight is 248 g/mol. The van der Waals surface area contributed by atoms with Gasteiger partial charge in [0.2, 0.25) is 0 Å². The zero-order valence-corrected chi connectivity index (χ0v) is 13.8. The molecule has 0 aliphatic carbocycles. The Morgan fingerprint density at radius 2 is 1.82 bits per heavy atom. The summed E-state index contributed by atoms with van der Waals surface area (Å²) in [6, 6.07) is 0. The SMILES string of the molecule is [Li][CH2]CCCCC(C=C)O[Si](C)(C)C(C)(C)C. The molecule has 0 rings (SSSR count). The molecule has 0 radical (unpaired) electrons. The minimum absolute atomic E-state index is 0.257. The van der Waals surface area contributed by atoms with Crippen molar-refractivity contribution in [1.82, 2.24) is 0 Å². The molecule has 0 aromatic heterocycles. The second-order valence-corrected chi connectivity index (χ2v) is 11.3. The topological polar surface area (TPSA) is 9.23 Å². The van der Waals surface area contributed by atoms with Crippen molar-refractivity contribution in [2.75, 3.05) is 0 Å². The fourth-order valence-corrected chi connectivity index (χ4v) is 2.88. The maximum absolute atomic E-state index is 6.35. The van der Waals surface area contributed by atoms with Crippen molar-refractivity contribution in [3.63, 3.8) is 0 Å². The van der Waals surface area contributed by atoms with E-state index >= 15 is 0 Å². The standard InChI is InChI=1S/C14H29OSi.Li/c1-8-10-11-12-13(9-2)15-16(6,7)14(3,4)5;/h9,13H,1-2,8,10-12H2,3-7H3;. The summed E-state index contributed by atoms with van der Waals surface area (Å²) in [6.45, 7) is 15.4. The number of hydrogen-bond acceptors (Lipinski definition) is 1. The number of unbranched alkanes of at least 4 members (excludes halogenated alkanes) is 2. The van der Waals surface area contributed by atoms with Gasteiger partial charge in [0.05, 0.1) is 0 Å². The van der Waals surface area contributed by atoms with Crippen molar-refractivity contribution < 1.29 is 4.43 Å². The van der Waals surface area contributed by atoms with E-state index in [-0.39, 0.29) is 11.1 Å². The van der Waals surface area contributed by atoms with Crippen LogP contribution in [0.5, 0.6) is 0 Å². The molecule has 1 atom stereocenters. The molecule has 1 nitrogen and oxygen atoms in total. The van der Waals surface area contributed by atoms with Crippen molar-refractivity contribution in [1.29, 1.82) is 0 Å². The van der Waals surface area contributed by atoms with Gasteiger partial charge in [-0.25, -0.2) is 0 Å². The Hall–Kier alpha value is 0.514. The summed E-state index contributed by atoms with van der Waals surface area (Å²) in [5.41, 5.74) is 0. The Kier molecular flexibility index (Phi) is 8.08. The van der Waals surface area contributed by atoms with E-state index in [2.05, 4.69) is 58.2 Å². The predicted molar refractivity (Wildman–Crippen MR) is 81.3 cm³/mol. The van der Waals surface area contributed by atoms with Crippen LogP contribution in [0.25, 0.3) is 0 Å². The summed E-state index contributed by atoms with van der Waals surface area (Å²) in [5.74, 6) is 0. The van der Waals surface area contributed by atoms with E-state index in [1.165, 1.54) is 24.4 Å². The molecule has 0 heterocycles. The van der Waals surface area contributed by atoms with Gasteiger partial charge < -0.3 is 0 Å². The van der Waals surface area contributed by atoms with Crippen LogP contribution in [0, 0.1) is 0 Å². The molecule has 0 aromatic carbocycles. The first kappa shape index (κ1) is 17.5. The van der Waals surface area contributed by atoms with Gasteiger partial charge in [-0.3, -0.25) is 0 Å². The molecular weight excluding hydrogens is 219 g/mol. The van der Waals surface area contributed by atoms with E-state index in [1.807, 2.05) is 6.08 Å². The molecule has 0 aliphatic rings. The molecule has 0 saturated carbocycles. The summed E-state index contributed by atoms with van der Waals surface area (Å²) in [7, 11) is -1.63. The first-order valence-electron chi connectivity index (χ1n) is 7.05. The van der Waals surface area contributed by atoms with Crippen LogP contribution in [-0.2, 0) is 4.43 Å². The zero-order chi connectivity index (χ0) is 13.5. The molecule has 0 saturated heterocycles. The van der Waals surface area contributed by atoms with Crippen LogP contribution in [0.2, 0.25) is 23.2 Å². The quantitative estimate of drug-likeness (QED) is 0.343. The molecule has 1 unspecified atom stereocenters. The van der Waals surface area contributed by atoms with Crippen LogP contribution < -0.4 is 0 Å². The Bertz CT molecular complexity index is 221. The van der Waals surface area contributed by atoms with Crippen LogP contribution in [0.3, 0.4) is 0 Å². The van der Waals surface area contributed by atoms with Gasteiger partial charge in [-0.1, -0.05) is 0 Å². The Morgan fingerprint density at radius 1 is 1.24 bits per heavy atom. The normalized spacial score (nSPS) is 14.8. The number of hydrogen-bond donors (Lipinski definition) is 0. The third-order valence-corrected chi connectivity index (χ3v) is 8.36. The molecule has 96 valence electrons. The van der Waals surface area contributed by atoms with Crippen molar-refractivity contribution in [3.8, 4) is 0 Å². The van der Waals surface area contributed by atoms with Gasteiger partial charge in [0, 0.05) is 0 Å². The van der Waals surface area contributed by atoms with Crippen molar-refractivity contribution in [2.24, 2.45) is 0 Å². The van der Waals surface area contributed by atoms with Gasteiger partial charge in [-0.15, -0.1) is 0 Å². The first-order chi connectivity index (χ1) is 7.74. The zero-order valence-electron chi connectivity index (χ0n) is 12.8. The van der Waals surface area contributed by atoms with Gasteiger partial charge >= 0.3 is 119 Å². The second-order valence-electron chi connectivity index (χ2n) is 6.50. The molecule has 0 N–H and O–H groups in total. The fraction of sp³-hybridized carbons (Fsp3) is 0.857. The fourth-order valence-electron chi connectivity index (χ4n) is 1.55. The van der Waals surface area contributed by atoms with Gasteiger partial charge in [0.1, 0.15) is 0 Å². The van der Waals surface area contributed by atoms with Crippen LogP contribution in [0.4, 0.5) is 0 Å². The molecule has 3 heteroatoms. The molecule has 17 heavy (non-hydrogen) atoms. The third-order valence-electron chi connectivity index (χ3n) is 3.86. The summed E-state index contributed by atoms with van der Waals surface area (Å²) < 4.78 is 6.35. The molecule has 0 aliphatic heterocycles. The van der Waals surface area contributed by atoms with Gasteiger partial charge in [-0.05, 0) is 0 Å². The molecule has 0 aromatic rings. The van der Waals surface area contributed by atoms with Crippen LogP contribution >= 0.6 is 0 Å². The average Bonchev–Trinajstić information content (AvgIpc) is 2.20. The maximum atomic E-state index is 6.35. The minimum atomic E-state index is -1.63. The first-order valence-corrected chi connectivity index (χ1v) is 9.96. The van der Waals surface area contributed by atoms with Gasteiger partial charge in [0.25, 0.3) is 0 Å². The van der Waals surface area contributed by atoms with E-state index in [0.29, 0.717) is 0 Å². The van der Waals surface area contributed by atoms with Crippen LogP contribution in [0.15, 0.2) is 12.7 Å². The second kappa shape index (κ2) is 7.84. The summed E-state index contributed by atoms with van der Waals surface area (Å²) in [6.07, 6.45) is 7.31. The molecule has 0 fully saturated rings. The summed E-state index contributed by atoms with van der Waals surface area (Å²) in [4.78, 5) is 0. The van der Waals surface area contributed by atoms with E-state index in [4.69, 9.17) is 4.43 Å². The monoisotopic (exact) mass is 248 g/mol. The van der Waals surface area contributed by atoms with E-state index < -0.39 is 8.32 Å². The van der Waals surface area contributed by atoms with Crippen molar-refractivity contribution >= 4 is 26.0 Å². The molecule has 0 bridgehead atoms. The van der Waals surface area contributed by atoms with Gasteiger partial charge in [0.15, 0.2) is 0 Å². The molecule has 0 spiro atoms. The number of rotatable bonds is 8. The predicted octanol–water partition coefficient (Wildman–Crippen LogP) is 4.71. The van der Waals surface area contributed by atoms with Crippen LogP contribution in [-0.4, -0.2) is 32.1 Å². The summed E-state index contributed by atoms with van der Waals surface area (Å²) >= 11 is 2.25. The Labute approximate surface area is 119 Å². The third kappa shape index (κ3) is 6.86. The van der Waals surface area contributed by atoms with E-state index in [0.717, 1.165) is 6.42 Å². The van der Waals surface area contributed by atoms with Crippen molar-refractivity contribution in [3.05, 3.63) is 12.7 Å². The molecular formula is C14H29LiOSi. The Balaban J connectivity index is 4.17. The van der Waals surface area contributed by atoms with E-state index in [9.17, 15) is 0 Å². The van der Waals surface area contributed by atoms with E-state index in [1.54, 1.807) is 0 Å². The van der Waals surface area contributed by atoms with Crippen molar-refractivity contribution in [2.45, 2.75) is 75.8 Å². The summed E-state index contributed by atoms with van der Waals surface area (Å²) in [5, 5.41) is 1.58. The van der Waals surface area contributed by atoms with Gasteiger partial charge in [-0.2, -0.15) is 0 Å².